The molecule has 1 aliphatic rings. The maximum absolute atomic E-state index is 12.6. The van der Waals surface area contributed by atoms with E-state index in [1.165, 1.54) is 24.3 Å². The minimum Gasteiger partial charge on any atom is -0.325 e. The van der Waals surface area contributed by atoms with Gasteiger partial charge < -0.3 is 10.3 Å². The zero-order valence-electron chi connectivity index (χ0n) is 16.6. The molecule has 30 heavy (non-hydrogen) atoms. The summed E-state index contributed by atoms with van der Waals surface area (Å²) < 4.78 is 1.83. The van der Waals surface area contributed by atoms with Gasteiger partial charge >= 0.3 is 5.69 Å². The van der Waals surface area contributed by atoms with Crippen molar-refractivity contribution >= 4 is 28.3 Å². The number of piperidine rings is 1. The summed E-state index contributed by atoms with van der Waals surface area (Å²) in [7, 11) is 0. The molecule has 0 saturated carbocycles. The first-order valence-electron chi connectivity index (χ1n) is 9.92. The van der Waals surface area contributed by atoms with E-state index in [-0.39, 0.29) is 29.4 Å². The van der Waals surface area contributed by atoms with Crippen LogP contribution in [-0.2, 0) is 4.79 Å². The van der Waals surface area contributed by atoms with E-state index in [9.17, 15) is 19.7 Å². The highest BCUT2D eigenvalue weighted by molar-refractivity contribution is 5.94. The number of para-hydroxylation sites is 2. The quantitative estimate of drug-likeness (QED) is 0.497. The average molecular weight is 409 g/mol. The van der Waals surface area contributed by atoms with Crippen LogP contribution in [0.1, 0.15) is 25.8 Å². The standard InChI is InChI=1S/C21H23N5O4/c1-14(20(27)22-15-6-8-17(9-7-15)26(29)30)24-12-10-16(11-13-24)25-19-5-3-2-4-18(19)23-21(25)28/h2-9,14,16H,10-13H2,1H3,(H,22,27)(H,23,28). The summed E-state index contributed by atoms with van der Waals surface area (Å²) in [6, 6.07) is 13.2. The maximum atomic E-state index is 12.6. The molecule has 9 heteroatoms. The summed E-state index contributed by atoms with van der Waals surface area (Å²) in [5, 5.41) is 13.6. The topological polar surface area (TPSA) is 113 Å². The Morgan fingerprint density at radius 1 is 1.17 bits per heavy atom. The third-order valence-electron chi connectivity index (χ3n) is 5.76. The van der Waals surface area contributed by atoms with Crippen LogP contribution in [0.3, 0.4) is 0 Å². The second-order valence-electron chi connectivity index (χ2n) is 7.55. The minimum absolute atomic E-state index is 0.0179. The first kappa shape index (κ1) is 19.8. The summed E-state index contributed by atoms with van der Waals surface area (Å²) >= 11 is 0. The fourth-order valence-electron chi connectivity index (χ4n) is 4.05. The predicted molar refractivity (Wildman–Crippen MR) is 114 cm³/mol. The lowest BCUT2D eigenvalue weighted by Gasteiger charge is -2.35. The number of hydrogen-bond acceptors (Lipinski definition) is 5. The number of hydrogen-bond donors (Lipinski definition) is 2. The molecule has 1 amide bonds. The number of carbonyl (C=O) groups excluding carboxylic acids is 1. The van der Waals surface area contributed by atoms with Gasteiger partial charge in [0.1, 0.15) is 0 Å². The number of aromatic nitrogens is 2. The lowest BCUT2D eigenvalue weighted by atomic mass is 10.0. The second kappa shape index (κ2) is 8.11. The van der Waals surface area contributed by atoms with E-state index in [2.05, 4.69) is 15.2 Å². The monoisotopic (exact) mass is 409 g/mol. The first-order chi connectivity index (χ1) is 14.4. The number of H-pyrrole nitrogens is 1. The van der Waals surface area contributed by atoms with Crippen molar-refractivity contribution in [3.8, 4) is 0 Å². The molecule has 0 spiro atoms. The van der Waals surface area contributed by atoms with Crippen molar-refractivity contribution in [1.82, 2.24) is 14.5 Å². The molecule has 3 aromatic rings. The maximum Gasteiger partial charge on any atom is 0.326 e. The molecule has 0 radical (unpaired) electrons. The Kier molecular flexibility index (Phi) is 5.37. The van der Waals surface area contributed by atoms with Crippen molar-refractivity contribution in [3.63, 3.8) is 0 Å². The fourth-order valence-corrected chi connectivity index (χ4v) is 4.05. The summed E-state index contributed by atoms with van der Waals surface area (Å²) in [5.41, 5.74) is 2.15. The molecule has 1 fully saturated rings. The molecule has 4 rings (SSSR count). The average Bonchev–Trinajstić information content (AvgIpc) is 3.09. The van der Waals surface area contributed by atoms with E-state index >= 15 is 0 Å². The van der Waals surface area contributed by atoms with Gasteiger partial charge in [0, 0.05) is 37.0 Å². The summed E-state index contributed by atoms with van der Waals surface area (Å²) in [6.45, 7) is 3.25. The Morgan fingerprint density at radius 3 is 2.50 bits per heavy atom. The minimum atomic E-state index is -0.475. The summed E-state index contributed by atoms with van der Waals surface area (Å²) in [4.78, 5) is 40.3. The van der Waals surface area contributed by atoms with Gasteiger partial charge in [0.25, 0.3) is 5.69 Å². The Balaban J connectivity index is 1.38. The first-order valence-corrected chi connectivity index (χ1v) is 9.92. The second-order valence-corrected chi connectivity index (χ2v) is 7.55. The van der Waals surface area contributed by atoms with Gasteiger partial charge in [0.05, 0.1) is 22.0 Å². The van der Waals surface area contributed by atoms with Gasteiger partial charge in [0.2, 0.25) is 5.91 Å². The normalized spacial score (nSPS) is 16.4. The van der Waals surface area contributed by atoms with Crippen molar-refractivity contribution in [2.24, 2.45) is 0 Å². The zero-order chi connectivity index (χ0) is 21.3. The molecule has 1 atom stereocenters. The number of fused-ring (bicyclic) bond motifs is 1. The molecule has 2 aromatic carbocycles. The molecule has 1 unspecified atom stereocenters. The molecular formula is C21H23N5O4. The van der Waals surface area contributed by atoms with Crippen molar-refractivity contribution in [2.45, 2.75) is 31.8 Å². The zero-order valence-corrected chi connectivity index (χ0v) is 16.6. The van der Waals surface area contributed by atoms with Crippen LogP contribution in [0.5, 0.6) is 0 Å². The highest BCUT2D eigenvalue weighted by atomic mass is 16.6. The number of amides is 1. The highest BCUT2D eigenvalue weighted by Gasteiger charge is 2.28. The van der Waals surface area contributed by atoms with Crippen LogP contribution in [-0.4, -0.2) is 44.4 Å². The van der Waals surface area contributed by atoms with Gasteiger partial charge in [0.15, 0.2) is 0 Å². The van der Waals surface area contributed by atoms with E-state index < -0.39 is 4.92 Å². The van der Waals surface area contributed by atoms with Crippen molar-refractivity contribution in [1.29, 1.82) is 0 Å². The number of non-ortho nitro benzene ring substituents is 1. The number of nitro groups is 1. The van der Waals surface area contributed by atoms with Crippen molar-refractivity contribution in [2.75, 3.05) is 18.4 Å². The molecule has 2 N–H and O–H groups in total. The number of benzene rings is 2. The number of nitrogens with zero attached hydrogens (tertiary/aromatic N) is 3. The molecular weight excluding hydrogens is 386 g/mol. The lowest BCUT2D eigenvalue weighted by molar-refractivity contribution is -0.384. The molecule has 0 aliphatic carbocycles. The van der Waals surface area contributed by atoms with Crippen LogP contribution in [0.25, 0.3) is 11.0 Å². The third kappa shape index (κ3) is 3.84. The fraction of sp³-hybridized carbons (Fsp3) is 0.333. The van der Waals surface area contributed by atoms with Crippen LogP contribution in [0.2, 0.25) is 0 Å². The number of likely N-dealkylation sites (tertiary alicyclic amines) is 1. The molecule has 1 aliphatic heterocycles. The Labute approximate surface area is 172 Å². The van der Waals surface area contributed by atoms with Crippen LogP contribution < -0.4 is 11.0 Å². The summed E-state index contributed by atoms with van der Waals surface area (Å²) in [5.74, 6) is -0.161. The number of rotatable bonds is 5. The number of anilines is 1. The number of imidazole rings is 1. The Morgan fingerprint density at radius 2 is 1.83 bits per heavy atom. The largest absolute Gasteiger partial charge is 0.326 e. The van der Waals surface area contributed by atoms with Crippen LogP contribution >= 0.6 is 0 Å². The van der Waals surface area contributed by atoms with Gasteiger partial charge in [-0.05, 0) is 44.0 Å². The SMILES string of the molecule is CC(C(=O)Nc1ccc([N+](=O)[O-])cc1)N1CCC(n2c(=O)[nH]c3ccccc32)CC1. The number of nitrogens with one attached hydrogen (secondary N) is 2. The van der Waals surface area contributed by atoms with E-state index in [0.29, 0.717) is 18.8 Å². The molecule has 156 valence electrons. The van der Waals surface area contributed by atoms with Gasteiger partial charge in [-0.25, -0.2) is 4.79 Å². The number of aromatic amines is 1. The smallest absolute Gasteiger partial charge is 0.325 e. The van der Waals surface area contributed by atoms with Crippen molar-refractivity contribution in [3.05, 3.63) is 69.1 Å². The predicted octanol–water partition coefficient (Wildman–Crippen LogP) is 2.90. The van der Waals surface area contributed by atoms with Gasteiger partial charge in [-0.15, -0.1) is 0 Å². The highest BCUT2D eigenvalue weighted by Crippen LogP contribution is 2.26. The lowest BCUT2D eigenvalue weighted by Crippen LogP contribution is -2.46. The van der Waals surface area contributed by atoms with Gasteiger partial charge in [-0.3, -0.25) is 24.4 Å². The van der Waals surface area contributed by atoms with Crippen molar-refractivity contribution < 1.29 is 9.72 Å². The number of nitro benzene ring substituents is 1. The van der Waals surface area contributed by atoms with E-state index in [1.54, 1.807) is 0 Å². The van der Waals surface area contributed by atoms with Crippen LogP contribution in [0, 0.1) is 10.1 Å². The molecule has 9 nitrogen and oxygen atoms in total. The van der Waals surface area contributed by atoms with Gasteiger partial charge in [-0.1, -0.05) is 12.1 Å². The van der Waals surface area contributed by atoms with Crippen LogP contribution in [0.4, 0.5) is 11.4 Å². The Hall–Kier alpha value is -3.46. The molecule has 2 heterocycles. The van der Waals surface area contributed by atoms with E-state index in [0.717, 1.165) is 23.9 Å². The molecule has 0 bridgehead atoms. The number of carbonyl (C=O) groups is 1. The van der Waals surface area contributed by atoms with Crippen LogP contribution in [0.15, 0.2) is 53.3 Å². The molecule has 1 aromatic heterocycles. The summed E-state index contributed by atoms with van der Waals surface area (Å²) in [6.07, 6.45) is 1.55. The van der Waals surface area contributed by atoms with E-state index in [4.69, 9.17) is 0 Å². The third-order valence-corrected chi connectivity index (χ3v) is 5.76. The Bertz CT molecular complexity index is 1130. The van der Waals surface area contributed by atoms with Gasteiger partial charge in [-0.2, -0.15) is 0 Å². The molecule has 1 saturated heterocycles. The van der Waals surface area contributed by atoms with E-state index in [1.807, 2.05) is 35.8 Å².